The fourth-order valence-electron chi connectivity index (χ4n) is 2.93. The van der Waals surface area contributed by atoms with Crippen molar-refractivity contribution in [1.82, 2.24) is 19.2 Å². The zero-order valence-electron chi connectivity index (χ0n) is 15.4. The summed E-state index contributed by atoms with van der Waals surface area (Å²) in [4.78, 5) is 2.18. The van der Waals surface area contributed by atoms with Crippen molar-refractivity contribution in [2.24, 2.45) is 0 Å². The van der Waals surface area contributed by atoms with Crippen LogP contribution in [-0.4, -0.2) is 33.4 Å². The van der Waals surface area contributed by atoms with Gasteiger partial charge in [-0.15, -0.1) is 0 Å². The van der Waals surface area contributed by atoms with Crippen molar-refractivity contribution in [3.63, 3.8) is 0 Å². The van der Waals surface area contributed by atoms with Gasteiger partial charge in [-0.1, -0.05) is 42.5 Å². The summed E-state index contributed by atoms with van der Waals surface area (Å²) < 4.78 is 9.82. The highest BCUT2D eigenvalue weighted by molar-refractivity contribution is 7.71. The predicted octanol–water partition coefficient (Wildman–Crippen LogP) is 4.12. The molecule has 0 aliphatic rings. The number of benzene rings is 2. The van der Waals surface area contributed by atoms with Crippen LogP contribution in [0.3, 0.4) is 0 Å². The van der Waals surface area contributed by atoms with Crippen molar-refractivity contribution in [2.75, 3.05) is 14.2 Å². The van der Waals surface area contributed by atoms with E-state index in [1.165, 1.54) is 11.1 Å². The molecule has 6 heteroatoms. The van der Waals surface area contributed by atoms with E-state index in [1.54, 1.807) is 7.11 Å². The second-order valence-electron chi connectivity index (χ2n) is 6.41. The zero-order chi connectivity index (χ0) is 18.5. The van der Waals surface area contributed by atoms with Crippen molar-refractivity contribution in [3.05, 3.63) is 76.8 Å². The maximum Gasteiger partial charge on any atom is 0.199 e. The number of ether oxygens (including phenoxy) is 1. The summed E-state index contributed by atoms with van der Waals surface area (Å²) in [6.45, 7) is 3.59. The van der Waals surface area contributed by atoms with Crippen molar-refractivity contribution >= 4 is 12.2 Å². The molecule has 0 saturated heterocycles. The van der Waals surface area contributed by atoms with E-state index < -0.39 is 0 Å². The molecule has 1 heterocycles. The molecule has 136 valence electrons. The molecule has 0 aliphatic carbocycles. The molecule has 1 atom stereocenters. The van der Waals surface area contributed by atoms with E-state index in [1.807, 2.05) is 45.9 Å². The fourth-order valence-corrected chi connectivity index (χ4v) is 3.24. The highest BCUT2D eigenvalue weighted by atomic mass is 32.1. The van der Waals surface area contributed by atoms with E-state index in [4.69, 9.17) is 17.0 Å². The Labute approximate surface area is 159 Å². The molecule has 0 unspecified atom stereocenters. The van der Waals surface area contributed by atoms with E-state index in [0.717, 1.165) is 17.1 Å². The van der Waals surface area contributed by atoms with Crippen LogP contribution in [0.25, 0.3) is 0 Å². The Balaban J connectivity index is 1.68. The first kappa shape index (κ1) is 18.4. The molecule has 3 aromatic rings. The van der Waals surface area contributed by atoms with Gasteiger partial charge in [0.25, 0.3) is 0 Å². The lowest BCUT2D eigenvalue weighted by atomic mass is 10.1. The van der Waals surface area contributed by atoms with Gasteiger partial charge >= 0.3 is 0 Å². The minimum absolute atomic E-state index is 0.157. The van der Waals surface area contributed by atoms with Gasteiger partial charge in [0.1, 0.15) is 12.1 Å². The summed E-state index contributed by atoms with van der Waals surface area (Å²) in [5, 5.41) is 4.49. The monoisotopic (exact) mass is 368 g/mol. The molecule has 2 aromatic carbocycles. The van der Waals surface area contributed by atoms with Crippen LogP contribution in [-0.2, 0) is 13.2 Å². The molecule has 0 spiro atoms. The summed E-state index contributed by atoms with van der Waals surface area (Å²) >= 11 is 5.64. The van der Waals surface area contributed by atoms with Gasteiger partial charge in [0.15, 0.2) is 4.77 Å². The second-order valence-corrected chi connectivity index (χ2v) is 6.78. The summed E-state index contributed by atoms with van der Waals surface area (Å²) in [5.41, 5.74) is 2.44. The molecule has 0 radical (unpaired) electrons. The van der Waals surface area contributed by atoms with Crippen molar-refractivity contribution in [2.45, 2.75) is 26.2 Å². The topological polar surface area (TPSA) is 35.2 Å². The third-order valence-corrected chi connectivity index (χ3v) is 4.86. The quantitative estimate of drug-likeness (QED) is 0.588. The highest BCUT2D eigenvalue weighted by Gasteiger charge is 2.12. The lowest BCUT2D eigenvalue weighted by Gasteiger charge is -2.17. The van der Waals surface area contributed by atoms with E-state index in [0.29, 0.717) is 6.67 Å². The molecular formula is C20H24N4OS. The minimum Gasteiger partial charge on any atom is -0.497 e. The maximum atomic E-state index is 5.64. The van der Waals surface area contributed by atoms with Gasteiger partial charge in [-0.25, -0.2) is 4.68 Å². The smallest absolute Gasteiger partial charge is 0.199 e. The van der Waals surface area contributed by atoms with Gasteiger partial charge in [-0.05, 0) is 49.4 Å². The van der Waals surface area contributed by atoms with Crippen LogP contribution in [0.1, 0.15) is 24.1 Å². The predicted molar refractivity (Wildman–Crippen MR) is 106 cm³/mol. The molecular weight excluding hydrogens is 344 g/mol. The average Bonchev–Trinajstić information content (AvgIpc) is 3.02. The molecule has 1 aromatic heterocycles. The Bertz CT molecular complexity index is 886. The summed E-state index contributed by atoms with van der Waals surface area (Å²) in [5.74, 6) is 0.868. The minimum atomic E-state index is 0.157. The number of methoxy groups -OCH3 is 1. The Morgan fingerprint density at radius 1 is 1.12 bits per heavy atom. The summed E-state index contributed by atoms with van der Waals surface area (Å²) in [6.07, 6.45) is 1.82. The van der Waals surface area contributed by atoms with Gasteiger partial charge < -0.3 is 4.74 Å². The SMILES string of the molecule is COc1ccc(CN(C)Cn2ncn([C@@H](C)c3ccccc3)c2=S)cc1. The maximum absolute atomic E-state index is 5.64. The summed E-state index contributed by atoms with van der Waals surface area (Å²) in [6, 6.07) is 18.6. The van der Waals surface area contributed by atoms with Crippen LogP contribution in [0, 0.1) is 4.77 Å². The fraction of sp³-hybridized carbons (Fsp3) is 0.300. The third kappa shape index (κ3) is 4.20. The largest absolute Gasteiger partial charge is 0.497 e. The van der Waals surface area contributed by atoms with Crippen molar-refractivity contribution in [3.8, 4) is 5.75 Å². The van der Waals surface area contributed by atoms with Gasteiger partial charge in [0.2, 0.25) is 0 Å². The number of nitrogens with zero attached hydrogens (tertiary/aromatic N) is 4. The van der Waals surface area contributed by atoms with Crippen molar-refractivity contribution in [1.29, 1.82) is 0 Å². The summed E-state index contributed by atoms with van der Waals surface area (Å²) in [7, 11) is 3.74. The lowest BCUT2D eigenvalue weighted by molar-refractivity contribution is 0.243. The van der Waals surface area contributed by atoms with Gasteiger partial charge in [0, 0.05) is 6.54 Å². The molecule has 26 heavy (non-hydrogen) atoms. The first-order valence-electron chi connectivity index (χ1n) is 8.59. The first-order valence-corrected chi connectivity index (χ1v) is 8.99. The molecule has 0 fully saturated rings. The standard InChI is InChI=1S/C20H24N4OS/c1-16(18-7-5-4-6-8-18)23-14-21-24(20(23)26)15-22(2)13-17-9-11-19(25-3)12-10-17/h4-12,14,16H,13,15H2,1-3H3/t16-/m0/s1. The number of aromatic nitrogens is 3. The van der Waals surface area contributed by atoms with Crippen LogP contribution in [0.15, 0.2) is 60.9 Å². The molecule has 0 bridgehead atoms. The lowest BCUT2D eigenvalue weighted by Crippen LogP contribution is -2.22. The van der Waals surface area contributed by atoms with E-state index >= 15 is 0 Å². The number of hydrogen-bond donors (Lipinski definition) is 0. The molecule has 3 rings (SSSR count). The zero-order valence-corrected chi connectivity index (χ0v) is 16.2. The molecule has 0 amide bonds. The Hall–Kier alpha value is -2.44. The van der Waals surface area contributed by atoms with E-state index in [9.17, 15) is 0 Å². The van der Waals surface area contributed by atoms with E-state index in [2.05, 4.69) is 48.2 Å². The molecule has 0 N–H and O–H groups in total. The van der Waals surface area contributed by atoms with Crippen LogP contribution < -0.4 is 4.74 Å². The van der Waals surface area contributed by atoms with Crippen LogP contribution in [0.2, 0.25) is 0 Å². The first-order chi connectivity index (χ1) is 12.6. The third-order valence-electron chi connectivity index (χ3n) is 4.44. The van der Waals surface area contributed by atoms with E-state index in [-0.39, 0.29) is 6.04 Å². The van der Waals surface area contributed by atoms with Crippen molar-refractivity contribution < 1.29 is 4.74 Å². The average molecular weight is 369 g/mol. The Morgan fingerprint density at radius 3 is 2.46 bits per heavy atom. The van der Waals surface area contributed by atoms with Crippen LogP contribution in [0.5, 0.6) is 5.75 Å². The highest BCUT2D eigenvalue weighted by Crippen LogP contribution is 2.18. The second kappa shape index (κ2) is 8.29. The Kier molecular flexibility index (Phi) is 5.85. The van der Waals surface area contributed by atoms with Crippen LogP contribution in [0.4, 0.5) is 0 Å². The number of hydrogen-bond acceptors (Lipinski definition) is 4. The van der Waals surface area contributed by atoms with Crippen LogP contribution >= 0.6 is 12.2 Å². The van der Waals surface area contributed by atoms with Gasteiger partial charge in [-0.2, -0.15) is 5.10 Å². The van der Waals surface area contributed by atoms with Gasteiger partial charge in [0.05, 0.1) is 19.8 Å². The number of rotatable bonds is 7. The molecule has 0 aliphatic heterocycles. The molecule has 5 nitrogen and oxygen atoms in total. The molecule has 0 saturated carbocycles. The van der Waals surface area contributed by atoms with Gasteiger partial charge in [-0.3, -0.25) is 9.47 Å². The normalized spacial score (nSPS) is 12.3. The Morgan fingerprint density at radius 2 is 1.81 bits per heavy atom.